The first-order valence-electron chi connectivity index (χ1n) is 8.47. The number of carbonyl (C=O) groups excluding carboxylic acids is 2. The van der Waals surface area contributed by atoms with Crippen LogP contribution in [0.3, 0.4) is 0 Å². The number of ketones is 1. The highest BCUT2D eigenvalue weighted by Gasteiger charge is 2.46. The van der Waals surface area contributed by atoms with Crippen molar-refractivity contribution >= 4 is 17.5 Å². The first kappa shape index (κ1) is 17.6. The number of aliphatic hydroxyl groups excluding tert-OH is 1. The van der Waals surface area contributed by atoms with Crippen LogP contribution in [0.4, 0.5) is 5.82 Å². The lowest BCUT2D eigenvalue weighted by atomic mass is 9.95. The van der Waals surface area contributed by atoms with Gasteiger partial charge in [0.05, 0.1) is 11.6 Å². The standard InChI is InChI=1S/C20H16N2O6/c1-10-3-8-14(27-10)18(24)16-17(12-4-6-13(23)7-5-12)22(20(26)19(16)25)15-9-11(2)28-21-15/h3-9,17,23,25H,1-2H3/t17-/m1/s1. The molecule has 0 aliphatic carbocycles. The Morgan fingerprint density at radius 3 is 2.36 bits per heavy atom. The summed E-state index contributed by atoms with van der Waals surface area (Å²) in [6.45, 7) is 3.35. The van der Waals surface area contributed by atoms with Crippen molar-refractivity contribution in [2.24, 2.45) is 0 Å². The Balaban J connectivity index is 1.87. The fourth-order valence-corrected chi connectivity index (χ4v) is 3.20. The van der Waals surface area contributed by atoms with Crippen LogP contribution in [0.25, 0.3) is 0 Å². The Kier molecular flexibility index (Phi) is 4.03. The molecule has 1 aliphatic heterocycles. The van der Waals surface area contributed by atoms with E-state index in [4.69, 9.17) is 8.94 Å². The van der Waals surface area contributed by atoms with Crippen LogP contribution in [0, 0.1) is 13.8 Å². The fraction of sp³-hybridized carbons (Fsp3) is 0.150. The minimum Gasteiger partial charge on any atom is -0.508 e. The minimum atomic E-state index is -0.962. The molecule has 2 N–H and O–H groups in total. The van der Waals surface area contributed by atoms with Gasteiger partial charge in [0.1, 0.15) is 17.3 Å². The van der Waals surface area contributed by atoms with E-state index in [2.05, 4.69) is 5.16 Å². The SMILES string of the molecule is Cc1cc(N2C(=O)C(O)=C(C(=O)c3ccc(C)o3)[C@H]2c2ccc(O)cc2)no1. The molecule has 3 heterocycles. The van der Waals surface area contributed by atoms with Crippen molar-refractivity contribution in [3.8, 4) is 5.75 Å². The van der Waals surface area contributed by atoms with Gasteiger partial charge >= 0.3 is 0 Å². The highest BCUT2D eigenvalue weighted by molar-refractivity contribution is 6.19. The Morgan fingerprint density at radius 2 is 1.79 bits per heavy atom. The lowest BCUT2D eigenvalue weighted by molar-refractivity contribution is -0.117. The van der Waals surface area contributed by atoms with E-state index in [1.54, 1.807) is 32.0 Å². The van der Waals surface area contributed by atoms with Gasteiger partial charge in [-0.15, -0.1) is 0 Å². The third kappa shape index (κ3) is 2.75. The summed E-state index contributed by atoms with van der Waals surface area (Å²) in [5, 5.41) is 24.0. The number of Topliss-reactive ketones (excluding diaryl/α,β-unsaturated/α-hetero) is 1. The normalized spacial score (nSPS) is 16.9. The molecule has 0 spiro atoms. The number of aliphatic hydroxyl groups is 1. The molecule has 3 aromatic rings. The van der Waals surface area contributed by atoms with Gasteiger partial charge < -0.3 is 19.2 Å². The second-order valence-electron chi connectivity index (χ2n) is 6.47. The van der Waals surface area contributed by atoms with E-state index in [1.165, 1.54) is 29.2 Å². The molecule has 8 heteroatoms. The van der Waals surface area contributed by atoms with Crippen molar-refractivity contribution in [1.29, 1.82) is 0 Å². The molecule has 1 atom stereocenters. The Labute approximate surface area is 159 Å². The number of amides is 1. The van der Waals surface area contributed by atoms with Crippen molar-refractivity contribution in [3.63, 3.8) is 0 Å². The number of carbonyl (C=O) groups is 2. The number of benzene rings is 1. The largest absolute Gasteiger partial charge is 0.508 e. The maximum Gasteiger partial charge on any atom is 0.295 e. The van der Waals surface area contributed by atoms with Gasteiger partial charge in [0.25, 0.3) is 5.91 Å². The zero-order valence-corrected chi connectivity index (χ0v) is 15.0. The van der Waals surface area contributed by atoms with Gasteiger partial charge in [0, 0.05) is 6.07 Å². The zero-order valence-electron chi connectivity index (χ0n) is 15.0. The maximum absolute atomic E-state index is 13.1. The molecule has 0 radical (unpaired) electrons. The molecular formula is C20H16N2O6. The summed E-state index contributed by atoms with van der Waals surface area (Å²) in [6.07, 6.45) is 0. The summed E-state index contributed by atoms with van der Waals surface area (Å²) >= 11 is 0. The predicted octanol–water partition coefficient (Wildman–Crippen LogP) is 3.37. The van der Waals surface area contributed by atoms with E-state index in [0.29, 0.717) is 17.1 Å². The third-order valence-corrected chi connectivity index (χ3v) is 4.49. The number of anilines is 1. The Morgan fingerprint density at radius 1 is 1.07 bits per heavy atom. The van der Waals surface area contributed by atoms with Crippen molar-refractivity contribution in [2.75, 3.05) is 4.90 Å². The second kappa shape index (κ2) is 6.41. The van der Waals surface area contributed by atoms with E-state index >= 15 is 0 Å². The van der Waals surface area contributed by atoms with Crippen LogP contribution in [-0.2, 0) is 4.79 Å². The maximum atomic E-state index is 13.1. The minimum absolute atomic E-state index is 0.00816. The number of hydrogen-bond acceptors (Lipinski definition) is 7. The Bertz CT molecular complexity index is 1110. The summed E-state index contributed by atoms with van der Waals surface area (Å²) in [5.74, 6) is -0.888. The summed E-state index contributed by atoms with van der Waals surface area (Å²) in [7, 11) is 0. The van der Waals surface area contributed by atoms with E-state index in [9.17, 15) is 19.8 Å². The molecule has 0 bridgehead atoms. The number of hydrogen-bond donors (Lipinski definition) is 2. The molecule has 4 rings (SSSR count). The van der Waals surface area contributed by atoms with E-state index in [-0.39, 0.29) is 22.9 Å². The molecule has 0 unspecified atom stereocenters. The highest BCUT2D eigenvalue weighted by Crippen LogP contribution is 2.42. The smallest absolute Gasteiger partial charge is 0.295 e. The van der Waals surface area contributed by atoms with E-state index < -0.39 is 23.5 Å². The molecule has 28 heavy (non-hydrogen) atoms. The van der Waals surface area contributed by atoms with Gasteiger partial charge in [0.15, 0.2) is 17.3 Å². The van der Waals surface area contributed by atoms with E-state index in [0.717, 1.165) is 0 Å². The van der Waals surface area contributed by atoms with Crippen molar-refractivity contribution in [3.05, 3.63) is 76.6 Å². The summed E-state index contributed by atoms with van der Waals surface area (Å²) < 4.78 is 10.5. The number of phenols is 1. The summed E-state index contributed by atoms with van der Waals surface area (Å²) in [6, 6.07) is 9.66. The first-order chi connectivity index (χ1) is 13.4. The predicted molar refractivity (Wildman–Crippen MR) is 97.0 cm³/mol. The average molecular weight is 380 g/mol. The molecule has 0 fully saturated rings. The monoisotopic (exact) mass is 380 g/mol. The van der Waals surface area contributed by atoms with Crippen molar-refractivity contribution < 1.29 is 28.7 Å². The van der Waals surface area contributed by atoms with Gasteiger partial charge in [-0.25, -0.2) is 0 Å². The van der Waals surface area contributed by atoms with Crippen LogP contribution in [0.5, 0.6) is 5.75 Å². The molecule has 1 aromatic carbocycles. The number of aromatic hydroxyl groups is 1. The van der Waals surface area contributed by atoms with Gasteiger partial charge in [-0.05, 0) is 43.7 Å². The molecule has 0 saturated carbocycles. The van der Waals surface area contributed by atoms with Gasteiger partial charge in [0.2, 0.25) is 5.78 Å². The molecule has 142 valence electrons. The van der Waals surface area contributed by atoms with E-state index in [1.807, 2.05) is 0 Å². The second-order valence-corrected chi connectivity index (χ2v) is 6.47. The van der Waals surface area contributed by atoms with Crippen LogP contribution in [0.15, 0.2) is 62.7 Å². The molecule has 2 aromatic heterocycles. The van der Waals surface area contributed by atoms with Gasteiger partial charge in [-0.1, -0.05) is 17.3 Å². The number of aromatic nitrogens is 1. The topological polar surface area (TPSA) is 117 Å². The van der Waals surface area contributed by atoms with Crippen LogP contribution in [-0.4, -0.2) is 27.1 Å². The van der Waals surface area contributed by atoms with Crippen LogP contribution < -0.4 is 4.90 Å². The highest BCUT2D eigenvalue weighted by atomic mass is 16.5. The Hall–Kier alpha value is -3.81. The average Bonchev–Trinajstić information content (AvgIpc) is 3.35. The van der Waals surface area contributed by atoms with Crippen molar-refractivity contribution in [2.45, 2.75) is 19.9 Å². The zero-order chi connectivity index (χ0) is 20.0. The lowest BCUT2D eigenvalue weighted by Gasteiger charge is -2.24. The lowest BCUT2D eigenvalue weighted by Crippen LogP contribution is -2.31. The summed E-state index contributed by atoms with van der Waals surface area (Å²) in [5.41, 5.74) is 0.369. The third-order valence-electron chi connectivity index (χ3n) is 4.49. The summed E-state index contributed by atoms with van der Waals surface area (Å²) in [4.78, 5) is 27.1. The van der Waals surface area contributed by atoms with Gasteiger partial charge in [-0.2, -0.15) is 0 Å². The van der Waals surface area contributed by atoms with Gasteiger partial charge in [-0.3, -0.25) is 14.5 Å². The molecule has 8 nitrogen and oxygen atoms in total. The van der Waals surface area contributed by atoms with Crippen LogP contribution in [0.1, 0.15) is 33.7 Å². The molecule has 1 amide bonds. The number of aryl methyl sites for hydroxylation is 2. The fourth-order valence-electron chi connectivity index (χ4n) is 3.20. The van der Waals surface area contributed by atoms with Crippen LogP contribution in [0.2, 0.25) is 0 Å². The van der Waals surface area contributed by atoms with Crippen LogP contribution >= 0.6 is 0 Å². The number of nitrogens with zero attached hydrogens (tertiary/aromatic N) is 2. The first-order valence-corrected chi connectivity index (χ1v) is 8.47. The molecule has 0 saturated heterocycles. The molecular weight excluding hydrogens is 364 g/mol. The number of furan rings is 1. The quantitative estimate of drug-likeness (QED) is 0.666. The number of phenolic OH excluding ortho intramolecular Hbond substituents is 1. The molecule has 1 aliphatic rings. The number of rotatable bonds is 4. The van der Waals surface area contributed by atoms with Crippen molar-refractivity contribution in [1.82, 2.24) is 5.16 Å².